The van der Waals surface area contributed by atoms with Crippen molar-refractivity contribution < 1.29 is 14.3 Å². The minimum atomic E-state index is -0.291. The standard InChI is InChI=1S/C20H32O3/c1-4-5-6-7-8-9-10-11-12-13-17-16-18(20(21)23-3)14-15-19(17)22-2/h14-16H,4-13H2,1-3H3. The Labute approximate surface area is 141 Å². The number of rotatable bonds is 12. The summed E-state index contributed by atoms with van der Waals surface area (Å²) in [7, 11) is 3.08. The largest absolute Gasteiger partial charge is 0.496 e. The molecule has 0 fully saturated rings. The summed E-state index contributed by atoms with van der Waals surface area (Å²) in [5.41, 5.74) is 1.69. The van der Waals surface area contributed by atoms with Crippen LogP contribution < -0.4 is 4.74 Å². The number of carbonyl (C=O) groups excluding carboxylic acids is 1. The van der Waals surface area contributed by atoms with Gasteiger partial charge >= 0.3 is 5.97 Å². The van der Waals surface area contributed by atoms with Crippen LogP contribution in [0.5, 0.6) is 5.75 Å². The van der Waals surface area contributed by atoms with E-state index in [2.05, 4.69) is 6.92 Å². The van der Waals surface area contributed by atoms with Gasteiger partial charge in [-0.1, -0.05) is 58.3 Å². The molecule has 0 N–H and O–H groups in total. The molecule has 0 aliphatic carbocycles. The molecule has 0 unspecified atom stereocenters. The fourth-order valence-corrected chi connectivity index (χ4v) is 2.84. The van der Waals surface area contributed by atoms with Crippen molar-refractivity contribution in [1.82, 2.24) is 0 Å². The summed E-state index contributed by atoms with van der Waals surface area (Å²) in [4.78, 5) is 11.6. The van der Waals surface area contributed by atoms with E-state index in [1.54, 1.807) is 13.2 Å². The van der Waals surface area contributed by atoms with E-state index in [1.165, 1.54) is 58.5 Å². The van der Waals surface area contributed by atoms with Crippen LogP contribution in [0.2, 0.25) is 0 Å². The molecule has 0 spiro atoms. The number of hydrogen-bond acceptors (Lipinski definition) is 3. The molecule has 3 heteroatoms. The van der Waals surface area contributed by atoms with Gasteiger partial charge in [0.2, 0.25) is 0 Å². The quantitative estimate of drug-likeness (QED) is 0.374. The number of ether oxygens (including phenoxy) is 2. The average molecular weight is 320 g/mol. The van der Waals surface area contributed by atoms with E-state index in [0.717, 1.165) is 24.2 Å². The van der Waals surface area contributed by atoms with Gasteiger partial charge in [0.25, 0.3) is 0 Å². The fourth-order valence-electron chi connectivity index (χ4n) is 2.84. The molecule has 0 saturated heterocycles. The van der Waals surface area contributed by atoms with Gasteiger partial charge < -0.3 is 9.47 Å². The number of unbranched alkanes of at least 4 members (excludes halogenated alkanes) is 8. The number of esters is 1. The highest BCUT2D eigenvalue weighted by Gasteiger charge is 2.10. The first-order valence-corrected chi connectivity index (χ1v) is 8.98. The summed E-state index contributed by atoms with van der Waals surface area (Å²) in [6.07, 6.45) is 12.8. The van der Waals surface area contributed by atoms with Crippen molar-refractivity contribution in [2.24, 2.45) is 0 Å². The minimum Gasteiger partial charge on any atom is -0.496 e. The fraction of sp³-hybridized carbons (Fsp3) is 0.650. The maximum atomic E-state index is 11.6. The first-order chi connectivity index (χ1) is 11.2. The normalized spacial score (nSPS) is 10.6. The van der Waals surface area contributed by atoms with E-state index in [-0.39, 0.29) is 5.97 Å². The van der Waals surface area contributed by atoms with Crippen LogP contribution in [0.3, 0.4) is 0 Å². The Bertz CT molecular complexity index is 454. The molecule has 0 atom stereocenters. The van der Waals surface area contributed by atoms with Gasteiger partial charge in [-0.15, -0.1) is 0 Å². The van der Waals surface area contributed by atoms with Gasteiger partial charge in [-0.25, -0.2) is 4.79 Å². The molecule has 0 aliphatic heterocycles. The molecule has 0 amide bonds. The van der Waals surface area contributed by atoms with Crippen LogP contribution in [0.25, 0.3) is 0 Å². The van der Waals surface area contributed by atoms with Crippen LogP contribution in [0.15, 0.2) is 18.2 Å². The van der Waals surface area contributed by atoms with Crippen LogP contribution in [0.1, 0.15) is 80.6 Å². The Balaban J connectivity index is 2.31. The summed E-state index contributed by atoms with van der Waals surface area (Å²) in [5, 5.41) is 0. The van der Waals surface area contributed by atoms with E-state index in [0.29, 0.717) is 5.56 Å². The molecule has 130 valence electrons. The predicted molar refractivity (Wildman–Crippen MR) is 95.3 cm³/mol. The Kier molecular flexibility index (Phi) is 10.2. The minimum absolute atomic E-state index is 0.291. The molecule has 0 aliphatic rings. The van der Waals surface area contributed by atoms with Gasteiger partial charge in [0.05, 0.1) is 19.8 Å². The van der Waals surface area contributed by atoms with Crippen molar-refractivity contribution in [3.63, 3.8) is 0 Å². The molecular formula is C20H32O3. The summed E-state index contributed by atoms with van der Waals surface area (Å²) in [6.45, 7) is 2.25. The van der Waals surface area contributed by atoms with Crippen LogP contribution in [0.4, 0.5) is 0 Å². The monoisotopic (exact) mass is 320 g/mol. The van der Waals surface area contributed by atoms with Gasteiger partial charge in [0.1, 0.15) is 5.75 Å². The van der Waals surface area contributed by atoms with Gasteiger partial charge in [-0.05, 0) is 36.6 Å². The first kappa shape index (κ1) is 19.5. The summed E-state index contributed by atoms with van der Waals surface area (Å²) < 4.78 is 10.2. The molecule has 0 radical (unpaired) electrons. The highest BCUT2D eigenvalue weighted by atomic mass is 16.5. The highest BCUT2D eigenvalue weighted by molar-refractivity contribution is 5.89. The third-order valence-electron chi connectivity index (χ3n) is 4.25. The zero-order valence-corrected chi connectivity index (χ0v) is 15.0. The second-order valence-electron chi connectivity index (χ2n) is 6.10. The Morgan fingerprint density at radius 1 is 0.913 bits per heavy atom. The lowest BCUT2D eigenvalue weighted by molar-refractivity contribution is 0.0600. The van der Waals surface area contributed by atoms with Gasteiger partial charge in [-0.2, -0.15) is 0 Å². The number of aryl methyl sites for hydroxylation is 1. The molecule has 0 aromatic heterocycles. The lowest BCUT2D eigenvalue weighted by Crippen LogP contribution is -2.03. The molecule has 0 saturated carbocycles. The molecule has 0 heterocycles. The van der Waals surface area contributed by atoms with Crippen LogP contribution in [0, 0.1) is 0 Å². The van der Waals surface area contributed by atoms with Gasteiger partial charge in [0, 0.05) is 0 Å². The molecule has 3 nitrogen and oxygen atoms in total. The van der Waals surface area contributed by atoms with E-state index in [9.17, 15) is 4.79 Å². The number of hydrogen-bond donors (Lipinski definition) is 0. The van der Waals surface area contributed by atoms with Crippen molar-refractivity contribution in [3.8, 4) is 5.75 Å². The third kappa shape index (κ3) is 7.54. The molecule has 1 rings (SSSR count). The van der Waals surface area contributed by atoms with E-state index in [4.69, 9.17) is 9.47 Å². The zero-order valence-electron chi connectivity index (χ0n) is 15.0. The molecule has 1 aromatic carbocycles. The number of methoxy groups -OCH3 is 2. The number of carbonyl (C=O) groups is 1. The van der Waals surface area contributed by atoms with E-state index >= 15 is 0 Å². The molecular weight excluding hydrogens is 288 g/mol. The van der Waals surface area contributed by atoms with Crippen LogP contribution in [-0.4, -0.2) is 20.2 Å². The average Bonchev–Trinajstić information content (AvgIpc) is 2.59. The Morgan fingerprint density at radius 3 is 2.09 bits per heavy atom. The predicted octanol–water partition coefficient (Wildman–Crippen LogP) is 5.56. The van der Waals surface area contributed by atoms with Crippen molar-refractivity contribution in [1.29, 1.82) is 0 Å². The second kappa shape index (κ2) is 12.0. The van der Waals surface area contributed by atoms with Gasteiger partial charge in [0.15, 0.2) is 0 Å². The lowest BCUT2D eigenvalue weighted by Gasteiger charge is -2.10. The maximum Gasteiger partial charge on any atom is 0.337 e. The van der Waals surface area contributed by atoms with Crippen molar-refractivity contribution in [2.45, 2.75) is 71.1 Å². The van der Waals surface area contributed by atoms with Crippen molar-refractivity contribution in [2.75, 3.05) is 14.2 Å². The highest BCUT2D eigenvalue weighted by Crippen LogP contribution is 2.23. The zero-order chi connectivity index (χ0) is 16.9. The van der Waals surface area contributed by atoms with Crippen LogP contribution >= 0.6 is 0 Å². The Morgan fingerprint density at radius 2 is 1.52 bits per heavy atom. The van der Waals surface area contributed by atoms with E-state index in [1.807, 2.05) is 12.1 Å². The Hall–Kier alpha value is -1.51. The molecule has 0 bridgehead atoms. The third-order valence-corrected chi connectivity index (χ3v) is 4.25. The van der Waals surface area contributed by atoms with Crippen molar-refractivity contribution >= 4 is 5.97 Å². The summed E-state index contributed by atoms with van der Waals surface area (Å²) >= 11 is 0. The van der Waals surface area contributed by atoms with Gasteiger partial charge in [-0.3, -0.25) is 0 Å². The smallest absolute Gasteiger partial charge is 0.337 e. The second-order valence-corrected chi connectivity index (χ2v) is 6.10. The number of benzene rings is 1. The van der Waals surface area contributed by atoms with Crippen molar-refractivity contribution in [3.05, 3.63) is 29.3 Å². The first-order valence-electron chi connectivity index (χ1n) is 8.98. The summed E-state index contributed by atoms with van der Waals surface area (Å²) in [6, 6.07) is 5.51. The lowest BCUT2D eigenvalue weighted by atomic mass is 10.0. The topological polar surface area (TPSA) is 35.5 Å². The molecule has 23 heavy (non-hydrogen) atoms. The molecule has 1 aromatic rings. The summed E-state index contributed by atoms with van der Waals surface area (Å²) in [5.74, 6) is 0.568. The SMILES string of the molecule is CCCCCCCCCCCc1cc(C(=O)OC)ccc1OC. The maximum absolute atomic E-state index is 11.6. The van der Waals surface area contributed by atoms with E-state index < -0.39 is 0 Å². The van der Waals surface area contributed by atoms with Crippen LogP contribution in [-0.2, 0) is 11.2 Å².